The zero-order chi connectivity index (χ0) is 19.8. The van der Waals surface area contributed by atoms with Gasteiger partial charge < -0.3 is 15.7 Å². The van der Waals surface area contributed by atoms with E-state index < -0.39 is 40.5 Å². The van der Waals surface area contributed by atoms with E-state index in [1.165, 1.54) is 24.3 Å². The van der Waals surface area contributed by atoms with Gasteiger partial charge in [-0.05, 0) is 55.3 Å². The van der Waals surface area contributed by atoms with Crippen LogP contribution >= 0.6 is 0 Å². The van der Waals surface area contributed by atoms with E-state index in [-0.39, 0.29) is 18.6 Å². The Morgan fingerprint density at radius 2 is 1.56 bits per heavy atom. The van der Waals surface area contributed by atoms with Crippen LogP contribution in [0.25, 0.3) is 0 Å². The second-order valence-corrected chi connectivity index (χ2v) is 6.23. The zero-order valence-electron chi connectivity index (χ0n) is 13.7. The van der Waals surface area contributed by atoms with Gasteiger partial charge in [0.05, 0.1) is 11.3 Å². The van der Waals surface area contributed by atoms with Crippen molar-refractivity contribution in [2.45, 2.75) is 19.0 Å². The summed E-state index contributed by atoms with van der Waals surface area (Å²) in [7, 11) is 0. The van der Waals surface area contributed by atoms with Crippen LogP contribution in [0.3, 0.4) is 0 Å². The summed E-state index contributed by atoms with van der Waals surface area (Å²) in [6.07, 6.45) is -4.33. The molecule has 1 aliphatic rings. The molecule has 2 aromatic rings. The molecule has 1 fully saturated rings. The zero-order valence-corrected chi connectivity index (χ0v) is 13.7. The first-order chi connectivity index (χ1) is 12.6. The van der Waals surface area contributed by atoms with Crippen LogP contribution in [0.15, 0.2) is 42.5 Å². The van der Waals surface area contributed by atoms with Crippen molar-refractivity contribution in [1.82, 2.24) is 0 Å². The highest BCUT2D eigenvalue weighted by atomic mass is 19.4. The molecule has 0 unspecified atom stereocenters. The standard InChI is InChI=1S/C18H14F4N2O3/c19-13-6-1-10(18(20,21)22)9-14(13)24-16(27)17(7-8-17)15(26)23-11-2-4-12(25)5-3-11/h1-6,9,25H,7-8H2,(H,23,26)(H,24,27). The molecule has 0 aliphatic heterocycles. The number of phenolic OH excluding ortho intramolecular Hbond substituents is 1. The van der Waals surface area contributed by atoms with Gasteiger partial charge in [-0.2, -0.15) is 13.2 Å². The summed E-state index contributed by atoms with van der Waals surface area (Å²) in [6, 6.07) is 7.19. The minimum absolute atomic E-state index is 0.00750. The maximum Gasteiger partial charge on any atom is 0.416 e. The lowest BCUT2D eigenvalue weighted by molar-refractivity contribution is -0.137. The number of benzene rings is 2. The normalized spacial score (nSPS) is 15.1. The van der Waals surface area contributed by atoms with E-state index in [1.54, 1.807) is 0 Å². The quantitative estimate of drug-likeness (QED) is 0.426. The summed E-state index contributed by atoms with van der Waals surface area (Å²) < 4.78 is 52.1. The summed E-state index contributed by atoms with van der Waals surface area (Å²) >= 11 is 0. The Bertz CT molecular complexity index is 890. The molecule has 9 heteroatoms. The van der Waals surface area contributed by atoms with E-state index in [1.807, 2.05) is 0 Å². The minimum atomic E-state index is -4.69. The van der Waals surface area contributed by atoms with Crippen LogP contribution in [0.1, 0.15) is 18.4 Å². The van der Waals surface area contributed by atoms with Gasteiger partial charge in [-0.15, -0.1) is 0 Å². The maximum absolute atomic E-state index is 13.8. The van der Waals surface area contributed by atoms with Crippen molar-refractivity contribution in [1.29, 1.82) is 0 Å². The number of rotatable bonds is 4. The first kappa shape index (κ1) is 18.7. The fourth-order valence-electron chi connectivity index (χ4n) is 2.52. The van der Waals surface area contributed by atoms with Crippen molar-refractivity contribution in [3.05, 3.63) is 53.8 Å². The van der Waals surface area contributed by atoms with Crippen LogP contribution in [0.2, 0.25) is 0 Å². The molecule has 5 nitrogen and oxygen atoms in total. The molecular formula is C18H14F4N2O3. The third kappa shape index (κ3) is 3.86. The topological polar surface area (TPSA) is 78.4 Å². The highest BCUT2D eigenvalue weighted by Gasteiger charge is 2.56. The van der Waals surface area contributed by atoms with Crippen LogP contribution in [0.4, 0.5) is 28.9 Å². The molecule has 27 heavy (non-hydrogen) atoms. The molecule has 142 valence electrons. The number of amides is 2. The van der Waals surface area contributed by atoms with Crippen molar-refractivity contribution in [2.75, 3.05) is 10.6 Å². The number of hydrogen-bond donors (Lipinski definition) is 3. The van der Waals surface area contributed by atoms with Crippen molar-refractivity contribution in [3.63, 3.8) is 0 Å². The van der Waals surface area contributed by atoms with Gasteiger partial charge >= 0.3 is 6.18 Å². The summed E-state index contributed by atoms with van der Waals surface area (Å²) in [5.74, 6) is -2.58. The number of halogens is 4. The highest BCUT2D eigenvalue weighted by Crippen LogP contribution is 2.47. The number of alkyl halides is 3. The Hall–Kier alpha value is -3.10. The molecule has 0 aromatic heterocycles. The molecule has 0 radical (unpaired) electrons. The fourth-order valence-corrected chi connectivity index (χ4v) is 2.52. The van der Waals surface area contributed by atoms with Crippen LogP contribution in [0, 0.1) is 11.2 Å². The number of hydrogen-bond acceptors (Lipinski definition) is 3. The number of aromatic hydroxyl groups is 1. The van der Waals surface area contributed by atoms with Gasteiger partial charge in [0.1, 0.15) is 17.0 Å². The summed E-state index contributed by atoms with van der Waals surface area (Å²) in [5, 5.41) is 13.8. The van der Waals surface area contributed by atoms with E-state index >= 15 is 0 Å². The van der Waals surface area contributed by atoms with Gasteiger partial charge in [0.15, 0.2) is 0 Å². The fraction of sp³-hybridized carbons (Fsp3) is 0.222. The van der Waals surface area contributed by atoms with E-state index in [0.29, 0.717) is 23.9 Å². The molecule has 1 aliphatic carbocycles. The molecular weight excluding hydrogens is 368 g/mol. The van der Waals surface area contributed by atoms with E-state index in [9.17, 15) is 32.3 Å². The highest BCUT2D eigenvalue weighted by molar-refractivity contribution is 6.16. The molecule has 0 heterocycles. The summed E-state index contributed by atoms with van der Waals surface area (Å²) in [4.78, 5) is 24.9. The maximum atomic E-state index is 13.8. The van der Waals surface area contributed by atoms with Crippen LogP contribution in [-0.2, 0) is 15.8 Å². The molecule has 0 saturated heterocycles. The van der Waals surface area contributed by atoms with Gasteiger partial charge in [0.2, 0.25) is 11.8 Å². The van der Waals surface area contributed by atoms with Crippen molar-refractivity contribution >= 4 is 23.2 Å². The molecule has 2 amide bonds. The van der Waals surface area contributed by atoms with Crippen molar-refractivity contribution in [2.24, 2.45) is 5.41 Å². The predicted molar refractivity (Wildman–Crippen MR) is 88.4 cm³/mol. The Morgan fingerprint density at radius 3 is 2.11 bits per heavy atom. The van der Waals surface area contributed by atoms with E-state index in [0.717, 1.165) is 0 Å². The molecule has 0 atom stereocenters. The average molecular weight is 382 g/mol. The summed E-state index contributed by atoms with van der Waals surface area (Å²) in [5.41, 5.74) is -2.89. The number of phenols is 1. The first-order valence-corrected chi connectivity index (χ1v) is 7.90. The molecule has 3 N–H and O–H groups in total. The van der Waals surface area contributed by atoms with Crippen LogP contribution < -0.4 is 10.6 Å². The van der Waals surface area contributed by atoms with Crippen molar-refractivity contribution in [3.8, 4) is 5.75 Å². The van der Waals surface area contributed by atoms with Crippen molar-refractivity contribution < 1.29 is 32.3 Å². The summed E-state index contributed by atoms with van der Waals surface area (Å²) in [6.45, 7) is 0. The second kappa shape index (κ2) is 6.57. The lowest BCUT2D eigenvalue weighted by Crippen LogP contribution is -2.35. The molecule has 2 aromatic carbocycles. The van der Waals surface area contributed by atoms with Gasteiger partial charge in [-0.3, -0.25) is 9.59 Å². The predicted octanol–water partition coefficient (Wildman–Crippen LogP) is 3.91. The smallest absolute Gasteiger partial charge is 0.416 e. The van der Waals surface area contributed by atoms with Crippen LogP contribution in [-0.4, -0.2) is 16.9 Å². The van der Waals surface area contributed by atoms with Gasteiger partial charge in [0.25, 0.3) is 0 Å². The number of carbonyl (C=O) groups excluding carboxylic acids is 2. The average Bonchev–Trinajstić information content (AvgIpc) is 3.40. The minimum Gasteiger partial charge on any atom is -0.508 e. The lowest BCUT2D eigenvalue weighted by atomic mass is 10.0. The number of carbonyl (C=O) groups is 2. The number of nitrogens with one attached hydrogen (secondary N) is 2. The van der Waals surface area contributed by atoms with E-state index in [4.69, 9.17) is 0 Å². The largest absolute Gasteiger partial charge is 0.508 e. The first-order valence-electron chi connectivity index (χ1n) is 7.90. The van der Waals surface area contributed by atoms with Gasteiger partial charge in [-0.25, -0.2) is 4.39 Å². The monoisotopic (exact) mass is 382 g/mol. The molecule has 3 rings (SSSR count). The SMILES string of the molecule is O=C(Nc1ccc(O)cc1)C1(C(=O)Nc2cc(C(F)(F)F)ccc2F)CC1. The third-order valence-electron chi connectivity index (χ3n) is 4.29. The Kier molecular flexibility index (Phi) is 4.54. The number of anilines is 2. The van der Waals surface area contributed by atoms with E-state index in [2.05, 4.69) is 10.6 Å². The molecule has 0 bridgehead atoms. The van der Waals surface area contributed by atoms with Crippen LogP contribution in [0.5, 0.6) is 5.75 Å². The van der Waals surface area contributed by atoms with Gasteiger partial charge in [0, 0.05) is 5.69 Å². The third-order valence-corrected chi connectivity index (χ3v) is 4.29. The Balaban J connectivity index is 1.75. The second-order valence-electron chi connectivity index (χ2n) is 6.23. The molecule has 0 spiro atoms. The van der Waals surface area contributed by atoms with Gasteiger partial charge in [-0.1, -0.05) is 0 Å². The lowest BCUT2D eigenvalue weighted by Gasteiger charge is -2.17. The Morgan fingerprint density at radius 1 is 0.963 bits per heavy atom. The Labute approximate surface area is 151 Å². The molecule has 1 saturated carbocycles.